The van der Waals surface area contributed by atoms with Crippen LogP contribution in [0.4, 0.5) is 0 Å². The molecular formula is C20H23NO4. The third-order valence-corrected chi connectivity index (χ3v) is 4.42. The molecule has 3 rings (SSSR count). The molecule has 132 valence electrons. The number of aliphatic hydroxyl groups is 1. The zero-order chi connectivity index (χ0) is 17.6. The SMILES string of the molecule is COc1cccc([C@@H]2C[C@@H](O)CN2C(=O)COCc2ccccc2)c1. The summed E-state index contributed by atoms with van der Waals surface area (Å²) in [5, 5.41) is 10.0. The zero-order valence-corrected chi connectivity index (χ0v) is 14.3. The molecule has 1 saturated heterocycles. The van der Waals surface area contributed by atoms with Gasteiger partial charge in [-0.05, 0) is 29.7 Å². The van der Waals surface area contributed by atoms with Crippen LogP contribution in [-0.4, -0.2) is 42.3 Å². The minimum atomic E-state index is -0.519. The lowest BCUT2D eigenvalue weighted by molar-refractivity contribution is -0.137. The molecule has 0 unspecified atom stereocenters. The van der Waals surface area contributed by atoms with Gasteiger partial charge in [-0.25, -0.2) is 0 Å². The Labute approximate surface area is 147 Å². The van der Waals surface area contributed by atoms with Crippen molar-refractivity contribution in [2.75, 3.05) is 20.3 Å². The molecular weight excluding hydrogens is 318 g/mol. The summed E-state index contributed by atoms with van der Waals surface area (Å²) in [5.74, 6) is 0.631. The van der Waals surface area contributed by atoms with Gasteiger partial charge in [0.2, 0.25) is 5.91 Å². The number of likely N-dealkylation sites (tertiary alicyclic amines) is 1. The zero-order valence-electron chi connectivity index (χ0n) is 14.3. The Bertz CT molecular complexity index is 704. The van der Waals surface area contributed by atoms with E-state index in [2.05, 4.69) is 0 Å². The van der Waals surface area contributed by atoms with Crippen LogP contribution in [0.2, 0.25) is 0 Å². The monoisotopic (exact) mass is 341 g/mol. The molecule has 1 aliphatic rings. The smallest absolute Gasteiger partial charge is 0.249 e. The van der Waals surface area contributed by atoms with Crippen molar-refractivity contribution in [3.63, 3.8) is 0 Å². The van der Waals surface area contributed by atoms with Crippen molar-refractivity contribution < 1.29 is 19.4 Å². The van der Waals surface area contributed by atoms with E-state index in [0.717, 1.165) is 16.9 Å². The standard InChI is InChI=1S/C20H23NO4/c1-24-18-9-5-8-16(10-18)19-11-17(22)12-21(19)20(23)14-25-13-15-6-3-2-4-7-15/h2-10,17,19,22H,11-14H2,1H3/t17-,19+/m1/s1. The number of β-amino-alcohol motifs (C(OH)–C–C–N with tert-alkyl or cyclic N) is 1. The number of carbonyl (C=O) groups excluding carboxylic acids is 1. The van der Waals surface area contributed by atoms with Crippen LogP contribution in [0, 0.1) is 0 Å². The van der Waals surface area contributed by atoms with Crippen LogP contribution in [0.25, 0.3) is 0 Å². The minimum Gasteiger partial charge on any atom is -0.497 e. The summed E-state index contributed by atoms with van der Waals surface area (Å²) in [6.07, 6.45) is 0.00620. The van der Waals surface area contributed by atoms with Gasteiger partial charge in [0.1, 0.15) is 12.4 Å². The summed E-state index contributed by atoms with van der Waals surface area (Å²) in [6, 6.07) is 17.2. The highest BCUT2D eigenvalue weighted by molar-refractivity contribution is 5.78. The lowest BCUT2D eigenvalue weighted by Crippen LogP contribution is -2.34. The molecule has 25 heavy (non-hydrogen) atoms. The Morgan fingerprint density at radius 2 is 2.00 bits per heavy atom. The summed E-state index contributed by atoms with van der Waals surface area (Å²) < 4.78 is 10.8. The normalized spacial score (nSPS) is 19.8. The minimum absolute atomic E-state index is 0.00207. The number of benzene rings is 2. The maximum Gasteiger partial charge on any atom is 0.249 e. The van der Waals surface area contributed by atoms with Crippen LogP contribution in [0.15, 0.2) is 54.6 Å². The number of nitrogens with zero attached hydrogens (tertiary/aromatic N) is 1. The number of hydrogen-bond acceptors (Lipinski definition) is 4. The number of methoxy groups -OCH3 is 1. The van der Waals surface area contributed by atoms with Gasteiger partial charge in [0.15, 0.2) is 0 Å². The second-order valence-corrected chi connectivity index (χ2v) is 6.21. The average molecular weight is 341 g/mol. The Morgan fingerprint density at radius 1 is 1.20 bits per heavy atom. The van der Waals surface area contributed by atoms with E-state index >= 15 is 0 Å². The third kappa shape index (κ3) is 4.38. The number of ether oxygens (including phenoxy) is 2. The lowest BCUT2D eigenvalue weighted by atomic mass is 10.0. The molecule has 5 heteroatoms. The first-order valence-corrected chi connectivity index (χ1v) is 8.40. The van der Waals surface area contributed by atoms with Crippen LogP contribution >= 0.6 is 0 Å². The molecule has 1 aliphatic heterocycles. The molecule has 1 amide bonds. The fourth-order valence-corrected chi connectivity index (χ4v) is 3.17. The van der Waals surface area contributed by atoms with Crippen molar-refractivity contribution >= 4 is 5.91 Å². The quantitative estimate of drug-likeness (QED) is 0.877. The van der Waals surface area contributed by atoms with E-state index in [9.17, 15) is 9.90 Å². The Kier molecular flexibility index (Phi) is 5.68. The molecule has 0 bridgehead atoms. The average Bonchev–Trinajstić information content (AvgIpc) is 3.04. The third-order valence-electron chi connectivity index (χ3n) is 4.42. The van der Waals surface area contributed by atoms with Gasteiger partial charge in [-0.15, -0.1) is 0 Å². The number of rotatable bonds is 6. The molecule has 0 saturated carbocycles. The van der Waals surface area contributed by atoms with Gasteiger partial charge in [-0.3, -0.25) is 4.79 Å². The molecule has 0 aliphatic carbocycles. The van der Waals surface area contributed by atoms with Crippen molar-refractivity contribution in [1.82, 2.24) is 4.90 Å². The molecule has 0 aromatic heterocycles. The van der Waals surface area contributed by atoms with E-state index in [1.807, 2.05) is 54.6 Å². The van der Waals surface area contributed by atoms with Gasteiger partial charge >= 0.3 is 0 Å². The Hall–Kier alpha value is -2.37. The lowest BCUT2D eigenvalue weighted by Gasteiger charge is -2.25. The molecule has 2 aromatic carbocycles. The molecule has 2 aromatic rings. The van der Waals surface area contributed by atoms with E-state index in [4.69, 9.17) is 9.47 Å². The van der Waals surface area contributed by atoms with Gasteiger partial charge in [-0.2, -0.15) is 0 Å². The maximum absolute atomic E-state index is 12.6. The van der Waals surface area contributed by atoms with E-state index in [0.29, 0.717) is 19.6 Å². The second kappa shape index (κ2) is 8.14. The summed E-state index contributed by atoms with van der Waals surface area (Å²) in [5.41, 5.74) is 1.99. The van der Waals surface area contributed by atoms with E-state index in [1.54, 1.807) is 12.0 Å². The molecule has 1 fully saturated rings. The van der Waals surface area contributed by atoms with Gasteiger partial charge in [-0.1, -0.05) is 42.5 Å². The molecule has 0 radical (unpaired) electrons. The van der Waals surface area contributed by atoms with Crippen LogP contribution in [-0.2, 0) is 16.1 Å². The number of amides is 1. The fraction of sp³-hybridized carbons (Fsp3) is 0.350. The predicted octanol–water partition coefficient (Wildman–Crippen LogP) is 2.55. The summed E-state index contributed by atoms with van der Waals surface area (Å²) >= 11 is 0. The first kappa shape index (κ1) is 17.5. The van der Waals surface area contributed by atoms with Crippen LogP contribution in [0.1, 0.15) is 23.6 Å². The van der Waals surface area contributed by atoms with Crippen molar-refractivity contribution in [3.05, 3.63) is 65.7 Å². The van der Waals surface area contributed by atoms with Crippen LogP contribution < -0.4 is 4.74 Å². The highest BCUT2D eigenvalue weighted by atomic mass is 16.5. The topological polar surface area (TPSA) is 59.0 Å². The molecule has 0 spiro atoms. The summed E-state index contributed by atoms with van der Waals surface area (Å²) in [7, 11) is 1.61. The maximum atomic E-state index is 12.6. The highest BCUT2D eigenvalue weighted by Gasteiger charge is 2.35. The highest BCUT2D eigenvalue weighted by Crippen LogP contribution is 2.33. The van der Waals surface area contributed by atoms with Gasteiger partial charge in [0, 0.05) is 6.54 Å². The fourth-order valence-electron chi connectivity index (χ4n) is 3.17. The Morgan fingerprint density at radius 3 is 2.76 bits per heavy atom. The second-order valence-electron chi connectivity index (χ2n) is 6.21. The first-order chi connectivity index (χ1) is 12.2. The van der Waals surface area contributed by atoms with Gasteiger partial charge < -0.3 is 19.5 Å². The summed E-state index contributed by atoms with van der Waals surface area (Å²) in [4.78, 5) is 14.3. The number of hydrogen-bond donors (Lipinski definition) is 1. The van der Waals surface area contributed by atoms with Crippen LogP contribution in [0.5, 0.6) is 5.75 Å². The van der Waals surface area contributed by atoms with Crippen LogP contribution in [0.3, 0.4) is 0 Å². The summed E-state index contributed by atoms with van der Waals surface area (Å²) in [6.45, 7) is 0.726. The first-order valence-electron chi connectivity index (χ1n) is 8.40. The molecule has 1 heterocycles. The van der Waals surface area contributed by atoms with Gasteiger partial charge in [0.05, 0.1) is 25.9 Å². The number of carbonyl (C=O) groups is 1. The van der Waals surface area contributed by atoms with E-state index in [1.165, 1.54) is 0 Å². The van der Waals surface area contributed by atoms with Crippen molar-refractivity contribution in [3.8, 4) is 5.75 Å². The Balaban J connectivity index is 1.63. The van der Waals surface area contributed by atoms with Crippen molar-refractivity contribution in [2.45, 2.75) is 25.2 Å². The largest absolute Gasteiger partial charge is 0.497 e. The van der Waals surface area contributed by atoms with Gasteiger partial charge in [0.25, 0.3) is 0 Å². The molecule has 1 N–H and O–H groups in total. The van der Waals surface area contributed by atoms with Crippen molar-refractivity contribution in [1.29, 1.82) is 0 Å². The molecule has 5 nitrogen and oxygen atoms in total. The van der Waals surface area contributed by atoms with E-state index < -0.39 is 6.10 Å². The van der Waals surface area contributed by atoms with E-state index in [-0.39, 0.29) is 18.6 Å². The number of aliphatic hydroxyl groups excluding tert-OH is 1. The predicted molar refractivity (Wildman–Crippen MR) is 94.2 cm³/mol. The molecule has 2 atom stereocenters. The van der Waals surface area contributed by atoms with Crippen molar-refractivity contribution in [2.24, 2.45) is 0 Å².